The first-order chi connectivity index (χ1) is 9.22. The van der Waals surface area contributed by atoms with E-state index >= 15 is 0 Å². The number of hydrogen-bond donors (Lipinski definition) is 1. The van der Waals surface area contributed by atoms with Crippen LogP contribution < -0.4 is 10.1 Å². The maximum absolute atomic E-state index is 11.8. The van der Waals surface area contributed by atoms with Gasteiger partial charge in [0.25, 0.3) is 0 Å². The molecule has 1 amide bonds. The van der Waals surface area contributed by atoms with Gasteiger partial charge in [-0.3, -0.25) is 9.59 Å². The van der Waals surface area contributed by atoms with Gasteiger partial charge in [-0.1, -0.05) is 0 Å². The summed E-state index contributed by atoms with van der Waals surface area (Å²) in [6.45, 7) is 0.104. The van der Waals surface area contributed by atoms with Crippen LogP contribution in [0.4, 0.5) is 5.69 Å². The zero-order valence-electron chi connectivity index (χ0n) is 10.5. The van der Waals surface area contributed by atoms with E-state index in [9.17, 15) is 9.59 Å². The van der Waals surface area contributed by atoms with Crippen molar-refractivity contribution in [1.82, 2.24) is 4.57 Å². The normalized spacial score (nSPS) is 9.95. The Hall–Kier alpha value is -2.56. The van der Waals surface area contributed by atoms with E-state index in [1.54, 1.807) is 54.3 Å². The molecule has 1 aromatic heterocycles. The van der Waals surface area contributed by atoms with E-state index in [0.29, 0.717) is 11.4 Å². The molecule has 0 spiro atoms. The molecule has 0 aliphatic rings. The van der Waals surface area contributed by atoms with Gasteiger partial charge in [0, 0.05) is 11.9 Å². The van der Waals surface area contributed by atoms with Gasteiger partial charge in [0.05, 0.1) is 12.8 Å². The standard InChI is InChI=1S/C14H14N2O3/c1-19-13-6-4-11(5-7-13)15-14(18)9-16-8-2-3-12(16)10-17/h2-8,10H,9H2,1H3,(H,15,18). The highest BCUT2D eigenvalue weighted by molar-refractivity contribution is 5.91. The third-order valence-corrected chi connectivity index (χ3v) is 2.67. The molecule has 0 fully saturated rings. The molecule has 1 aromatic carbocycles. The number of rotatable bonds is 5. The summed E-state index contributed by atoms with van der Waals surface area (Å²) >= 11 is 0. The van der Waals surface area contributed by atoms with Crippen molar-refractivity contribution >= 4 is 17.9 Å². The first-order valence-electron chi connectivity index (χ1n) is 5.77. The second kappa shape index (κ2) is 5.86. The number of anilines is 1. The zero-order chi connectivity index (χ0) is 13.7. The fraction of sp³-hybridized carbons (Fsp3) is 0.143. The third-order valence-electron chi connectivity index (χ3n) is 2.67. The lowest BCUT2D eigenvalue weighted by molar-refractivity contribution is -0.116. The number of hydrogen-bond acceptors (Lipinski definition) is 3. The SMILES string of the molecule is COc1ccc(NC(=O)Cn2cccc2C=O)cc1. The van der Waals surface area contributed by atoms with Crippen molar-refractivity contribution in [2.24, 2.45) is 0 Å². The quantitative estimate of drug-likeness (QED) is 0.834. The number of aromatic nitrogens is 1. The number of carbonyl (C=O) groups excluding carboxylic acids is 2. The minimum Gasteiger partial charge on any atom is -0.497 e. The number of amides is 1. The second-order valence-electron chi connectivity index (χ2n) is 3.96. The summed E-state index contributed by atoms with van der Waals surface area (Å²) in [5.41, 5.74) is 1.16. The Morgan fingerprint density at radius 3 is 2.68 bits per heavy atom. The highest BCUT2D eigenvalue weighted by atomic mass is 16.5. The second-order valence-corrected chi connectivity index (χ2v) is 3.96. The molecule has 5 heteroatoms. The molecule has 0 radical (unpaired) electrons. The van der Waals surface area contributed by atoms with Crippen LogP contribution in [0.1, 0.15) is 10.5 Å². The van der Waals surface area contributed by atoms with Crippen LogP contribution in [-0.4, -0.2) is 23.9 Å². The van der Waals surface area contributed by atoms with Crippen LogP contribution in [0.5, 0.6) is 5.75 Å². The number of ether oxygens (including phenoxy) is 1. The lowest BCUT2D eigenvalue weighted by atomic mass is 10.3. The van der Waals surface area contributed by atoms with Crippen LogP contribution in [0.25, 0.3) is 0 Å². The highest BCUT2D eigenvalue weighted by Crippen LogP contribution is 2.15. The topological polar surface area (TPSA) is 60.3 Å². The number of methoxy groups -OCH3 is 1. The molecule has 0 saturated heterocycles. The molecule has 1 heterocycles. The van der Waals surface area contributed by atoms with Gasteiger partial charge < -0.3 is 14.6 Å². The predicted molar refractivity (Wildman–Crippen MR) is 71.4 cm³/mol. The summed E-state index contributed by atoms with van der Waals surface area (Å²) in [5.74, 6) is 0.538. The molecule has 2 rings (SSSR count). The maximum Gasteiger partial charge on any atom is 0.244 e. The maximum atomic E-state index is 11.8. The Balaban J connectivity index is 1.99. The molecule has 0 saturated carbocycles. The van der Waals surface area contributed by atoms with E-state index in [1.807, 2.05) is 0 Å². The lowest BCUT2D eigenvalue weighted by Gasteiger charge is -2.08. The summed E-state index contributed by atoms with van der Waals surface area (Å²) in [5, 5.41) is 2.75. The average Bonchev–Trinajstić information content (AvgIpc) is 2.86. The van der Waals surface area contributed by atoms with E-state index in [1.165, 1.54) is 0 Å². The number of carbonyl (C=O) groups is 2. The first-order valence-corrected chi connectivity index (χ1v) is 5.77. The molecule has 19 heavy (non-hydrogen) atoms. The van der Waals surface area contributed by atoms with Crippen molar-refractivity contribution in [1.29, 1.82) is 0 Å². The molecule has 5 nitrogen and oxygen atoms in total. The molecule has 0 aliphatic heterocycles. The van der Waals surface area contributed by atoms with Gasteiger partial charge in [0.2, 0.25) is 5.91 Å². The highest BCUT2D eigenvalue weighted by Gasteiger charge is 2.06. The largest absolute Gasteiger partial charge is 0.497 e. The molecule has 0 bridgehead atoms. The van der Waals surface area contributed by atoms with Gasteiger partial charge in [0.15, 0.2) is 6.29 Å². The van der Waals surface area contributed by atoms with Crippen molar-refractivity contribution in [2.75, 3.05) is 12.4 Å². The van der Waals surface area contributed by atoms with Crippen LogP contribution in [0.15, 0.2) is 42.6 Å². The first kappa shape index (κ1) is 12.9. The minimum atomic E-state index is -0.190. The van der Waals surface area contributed by atoms with Crippen molar-refractivity contribution in [3.05, 3.63) is 48.3 Å². The molecule has 1 N–H and O–H groups in total. The van der Waals surface area contributed by atoms with Gasteiger partial charge >= 0.3 is 0 Å². The van der Waals surface area contributed by atoms with E-state index in [-0.39, 0.29) is 12.5 Å². The van der Waals surface area contributed by atoms with Crippen molar-refractivity contribution in [3.63, 3.8) is 0 Å². The Morgan fingerprint density at radius 2 is 2.05 bits per heavy atom. The molecule has 0 aliphatic carbocycles. The summed E-state index contributed by atoms with van der Waals surface area (Å²) < 4.78 is 6.62. The number of aldehydes is 1. The smallest absolute Gasteiger partial charge is 0.244 e. The van der Waals surface area contributed by atoms with Gasteiger partial charge in [-0.05, 0) is 36.4 Å². The van der Waals surface area contributed by atoms with E-state index in [4.69, 9.17) is 4.74 Å². The Kier molecular flexibility index (Phi) is 3.97. The molecular formula is C14H14N2O3. The van der Waals surface area contributed by atoms with Gasteiger partial charge in [-0.15, -0.1) is 0 Å². The van der Waals surface area contributed by atoms with Crippen LogP contribution in [0.3, 0.4) is 0 Å². The van der Waals surface area contributed by atoms with E-state index in [0.717, 1.165) is 12.0 Å². The number of nitrogens with zero attached hydrogens (tertiary/aromatic N) is 1. The number of benzene rings is 1. The van der Waals surface area contributed by atoms with Crippen molar-refractivity contribution < 1.29 is 14.3 Å². The molecule has 0 atom stereocenters. The lowest BCUT2D eigenvalue weighted by Crippen LogP contribution is -2.19. The summed E-state index contributed by atoms with van der Waals surface area (Å²) in [4.78, 5) is 22.6. The van der Waals surface area contributed by atoms with Gasteiger partial charge in [-0.25, -0.2) is 0 Å². The molecule has 2 aromatic rings. The predicted octanol–water partition coefficient (Wildman–Crippen LogP) is 1.95. The zero-order valence-corrected chi connectivity index (χ0v) is 10.5. The number of nitrogens with one attached hydrogen (secondary N) is 1. The molecular weight excluding hydrogens is 244 g/mol. The van der Waals surface area contributed by atoms with Gasteiger partial charge in [-0.2, -0.15) is 0 Å². The molecule has 98 valence electrons. The van der Waals surface area contributed by atoms with E-state index < -0.39 is 0 Å². The van der Waals surface area contributed by atoms with E-state index in [2.05, 4.69) is 5.32 Å². The summed E-state index contributed by atoms with van der Waals surface area (Å²) in [6, 6.07) is 10.4. The third kappa shape index (κ3) is 3.22. The fourth-order valence-electron chi connectivity index (χ4n) is 1.71. The Labute approximate surface area is 110 Å². The van der Waals surface area contributed by atoms with Crippen LogP contribution in [0, 0.1) is 0 Å². The minimum absolute atomic E-state index is 0.104. The van der Waals surface area contributed by atoms with Crippen molar-refractivity contribution in [2.45, 2.75) is 6.54 Å². The Bertz CT molecular complexity index is 573. The average molecular weight is 258 g/mol. The summed E-state index contributed by atoms with van der Waals surface area (Å²) in [6.07, 6.45) is 2.41. The van der Waals surface area contributed by atoms with Crippen molar-refractivity contribution in [3.8, 4) is 5.75 Å². The fourth-order valence-corrected chi connectivity index (χ4v) is 1.71. The van der Waals surface area contributed by atoms with Crippen LogP contribution in [0.2, 0.25) is 0 Å². The monoisotopic (exact) mass is 258 g/mol. The summed E-state index contributed by atoms with van der Waals surface area (Å²) in [7, 11) is 1.58. The van der Waals surface area contributed by atoms with Gasteiger partial charge in [0.1, 0.15) is 12.3 Å². The Morgan fingerprint density at radius 1 is 1.32 bits per heavy atom. The molecule has 0 unspecified atom stereocenters. The van der Waals surface area contributed by atoms with Crippen LogP contribution >= 0.6 is 0 Å². The van der Waals surface area contributed by atoms with Crippen LogP contribution in [-0.2, 0) is 11.3 Å².